The number of piperidine rings is 1. The van der Waals surface area contributed by atoms with Crippen molar-refractivity contribution in [3.05, 3.63) is 24.2 Å². The minimum Gasteiger partial charge on any atom is -0.467 e. The Hall–Kier alpha value is -1.96. The van der Waals surface area contributed by atoms with Crippen LogP contribution in [0.5, 0.6) is 0 Å². The molecule has 1 amide bonds. The van der Waals surface area contributed by atoms with E-state index >= 15 is 0 Å². The molecule has 2 aromatic heterocycles. The summed E-state index contributed by atoms with van der Waals surface area (Å²) >= 11 is 1.48. The van der Waals surface area contributed by atoms with Gasteiger partial charge in [-0.05, 0) is 51.2 Å². The molecule has 0 saturated carbocycles. The van der Waals surface area contributed by atoms with Gasteiger partial charge in [0.25, 0.3) is 0 Å². The summed E-state index contributed by atoms with van der Waals surface area (Å²) in [7, 11) is 0. The number of nitrogens with zero attached hydrogens (tertiary/aromatic N) is 5. The summed E-state index contributed by atoms with van der Waals surface area (Å²) in [6.07, 6.45) is 7.47. The first kappa shape index (κ1) is 18.4. The second-order valence-electron chi connectivity index (χ2n) is 7.36. The molecule has 2 aliphatic heterocycles. The van der Waals surface area contributed by atoms with Crippen molar-refractivity contribution in [1.82, 2.24) is 19.7 Å². The lowest BCUT2D eigenvalue weighted by molar-refractivity contribution is -0.131. The largest absolute Gasteiger partial charge is 0.467 e. The minimum absolute atomic E-state index is 0.197. The smallest absolute Gasteiger partial charge is 0.233 e. The molecule has 0 radical (unpaired) electrons. The van der Waals surface area contributed by atoms with Crippen molar-refractivity contribution < 1.29 is 9.21 Å². The molecule has 8 heteroatoms. The lowest BCUT2D eigenvalue weighted by Gasteiger charge is -2.33. The minimum atomic E-state index is 0.197. The standard InChI is InChI=1S/C19H27N5O2S/c1-15-7-2-3-11-23(15)17(25)14-27-19-21-20-18(22-9-4-5-10-22)24(19)13-16-8-6-12-26-16/h6,8,12,15H,2-5,7,9-11,13-14H2,1H3. The molecule has 0 aromatic carbocycles. The summed E-state index contributed by atoms with van der Waals surface area (Å²) in [4.78, 5) is 17.0. The van der Waals surface area contributed by atoms with Crippen LogP contribution in [0.1, 0.15) is 44.8 Å². The third-order valence-corrected chi connectivity index (χ3v) is 6.38. The van der Waals surface area contributed by atoms with Crippen LogP contribution < -0.4 is 4.90 Å². The number of furan rings is 1. The summed E-state index contributed by atoms with van der Waals surface area (Å²) in [5, 5.41) is 9.62. The Morgan fingerprint density at radius 3 is 2.78 bits per heavy atom. The summed E-state index contributed by atoms with van der Waals surface area (Å²) in [5.74, 6) is 2.35. The van der Waals surface area contributed by atoms with E-state index in [0.717, 1.165) is 49.3 Å². The summed E-state index contributed by atoms with van der Waals surface area (Å²) in [6.45, 7) is 5.62. The molecule has 4 heterocycles. The number of carbonyl (C=O) groups excluding carboxylic acids is 1. The van der Waals surface area contributed by atoms with Gasteiger partial charge in [-0.2, -0.15) is 0 Å². The zero-order chi connectivity index (χ0) is 18.6. The predicted octanol–water partition coefficient (Wildman–Crippen LogP) is 3.01. The highest BCUT2D eigenvalue weighted by Crippen LogP contribution is 2.27. The maximum Gasteiger partial charge on any atom is 0.233 e. The molecule has 0 spiro atoms. The molecule has 2 fully saturated rings. The summed E-state index contributed by atoms with van der Waals surface area (Å²) in [6, 6.07) is 4.19. The summed E-state index contributed by atoms with van der Waals surface area (Å²) < 4.78 is 7.62. The molecule has 27 heavy (non-hydrogen) atoms. The van der Waals surface area contributed by atoms with E-state index in [1.807, 2.05) is 17.0 Å². The Morgan fingerprint density at radius 2 is 2.04 bits per heavy atom. The van der Waals surface area contributed by atoms with Crippen molar-refractivity contribution in [2.45, 2.75) is 56.8 Å². The normalized spacial score (nSPS) is 20.4. The van der Waals surface area contributed by atoms with E-state index in [2.05, 4.69) is 26.6 Å². The van der Waals surface area contributed by atoms with Crippen LogP contribution in [0.3, 0.4) is 0 Å². The van der Waals surface area contributed by atoms with Crippen LogP contribution in [0, 0.1) is 0 Å². The quantitative estimate of drug-likeness (QED) is 0.708. The number of hydrogen-bond acceptors (Lipinski definition) is 6. The Bertz CT molecular complexity index is 754. The highest BCUT2D eigenvalue weighted by Gasteiger charge is 2.25. The number of amides is 1. The molecule has 2 saturated heterocycles. The Balaban J connectivity index is 1.48. The monoisotopic (exact) mass is 389 g/mol. The van der Waals surface area contributed by atoms with E-state index in [-0.39, 0.29) is 5.91 Å². The molecule has 7 nitrogen and oxygen atoms in total. The Labute approximate surface area is 164 Å². The molecular weight excluding hydrogens is 362 g/mol. The predicted molar refractivity (Wildman–Crippen MR) is 105 cm³/mol. The van der Waals surface area contributed by atoms with Gasteiger partial charge in [-0.3, -0.25) is 9.36 Å². The number of rotatable bonds is 6. The second kappa shape index (κ2) is 8.37. The van der Waals surface area contributed by atoms with E-state index in [9.17, 15) is 4.79 Å². The van der Waals surface area contributed by atoms with E-state index < -0.39 is 0 Å². The van der Waals surface area contributed by atoms with E-state index in [4.69, 9.17) is 4.42 Å². The number of hydrogen-bond donors (Lipinski definition) is 0. The van der Waals surface area contributed by atoms with Gasteiger partial charge < -0.3 is 14.2 Å². The lowest BCUT2D eigenvalue weighted by Crippen LogP contribution is -2.43. The fourth-order valence-electron chi connectivity index (χ4n) is 3.91. The molecule has 2 aromatic rings. The van der Waals surface area contributed by atoms with Gasteiger partial charge in [-0.1, -0.05) is 11.8 Å². The highest BCUT2D eigenvalue weighted by atomic mass is 32.2. The number of carbonyl (C=O) groups is 1. The maximum atomic E-state index is 12.7. The maximum absolute atomic E-state index is 12.7. The topological polar surface area (TPSA) is 67.4 Å². The molecule has 1 atom stereocenters. The molecule has 0 bridgehead atoms. The van der Waals surface area contributed by atoms with Crippen LogP contribution in [0.2, 0.25) is 0 Å². The van der Waals surface area contributed by atoms with Crippen molar-refractivity contribution in [3.63, 3.8) is 0 Å². The van der Waals surface area contributed by atoms with Gasteiger partial charge in [-0.25, -0.2) is 0 Å². The zero-order valence-corrected chi connectivity index (χ0v) is 16.7. The van der Waals surface area contributed by atoms with Crippen LogP contribution in [0.15, 0.2) is 28.0 Å². The average molecular weight is 390 g/mol. The third kappa shape index (κ3) is 4.15. The average Bonchev–Trinajstić information content (AvgIpc) is 3.43. The van der Waals surface area contributed by atoms with E-state index in [1.165, 1.54) is 31.0 Å². The number of likely N-dealkylation sites (tertiary alicyclic amines) is 1. The van der Waals surface area contributed by atoms with Gasteiger partial charge in [0.05, 0.1) is 18.6 Å². The van der Waals surface area contributed by atoms with Crippen molar-refractivity contribution in [2.75, 3.05) is 30.3 Å². The Morgan fingerprint density at radius 1 is 1.22 bits per heavy atom. The fourth-order valence-corrected chi connectivity index (χ4v) is 4.73. The van der Waals surface area contributed by atoms with E-state index in [0.29, 0.717) is 18.3 Å². The van der Waals surface area contributed by atoms with Crippen LogP contribution in [0.4, 0.5) is 5.95 Å². The molecule has 0 aliphatic carbocycles. The fraction of sp³-hybridized carbons (Fsp3) is 0.632. The third-order valence-electron chi connectivity index (χ3n) is 5.43. The molecule has 4 rings (SSSR count). The van der Waals surface area contributed by atoms with Gasteiger partial charge in [0.1, 0.15) is 5.76 Å². The van der Waals surface area contributed by atoms with Crippen molar-refractivity contribution in [1.29, 1.82) is 0 Å². The molecular formula is C19H27N5O2S. The Kier molecular flexibility index (Phi) is 5.71. The first-order valence-electron chi connectivity index (χ1n) is 9.85. The molecule has 146 valence electrons. The van der Waals surface area contributed by atoms with Crippen LogP contribution >= 0.6 is 11.8 Å². The molecule has 2 aliphatic rings. The number of aromatic nitrogens is 3. The van der Waals surface area contributed by atoms with Crippen molar-refractivity contribution in [2.24, 2.45) is 0 Å². The zero-order valence-electron chi connectivity index (χ0n) is 15.8. The molecule has 0 N–H and O–H groups in total. The van der Waals surface area contributed by atoms with Crippen molar-refractivity contribution >= 4 is 23.6 Å². The molecule has 1 unspecified atom stereocenters. The van der Waals surface area contributed by atoms with E-state index in [1.54, 1.807) is 6.26 Å². The lowest BCUT2D eigenvalue weighted by atomic mass is 10.0. The number of anilines is 1. The first-order chi connectivity index (χ1) is 13.2. The van der Waals surface area contributed by atoms with Gasteiger partial charge in [-0.15, -0.1) is 10.2 Å². The van der Waals surface area contributed by atoms with Crippen molar-refractivity contribution in [3.8, 4) is 0 Å². The second-order valence-corrected chi connectivity index (χ2v) is 8.31. The SMILES string of the molecule is CC1CCCCN1C(=O)CSc1nnc(N2CCCC2)n1Cc1ccco1. The first-order valence-corrected chi connectivity index (χ1v) is 10.8. The van der Waals surface area contributed by atoms with Gasteiger partial charge in [0.2, 0.25) is 11.9 Å². The van der Waals surface area contributed by atoms with Gasteiger partial charge in [0, 0.05) is 25.7 Å². The van der Waals surface area contributed by atoms with Gasteiger partial charge >= 0.3 is 0 Å². The summed E-state index contributed by atoms with van der Waals surface area (Å²) in [5.41, 5.74) is 0. The number of thioether (sulfide) groups is 1. The van der Waals surface area contributed by atoms with Gasteiger partial charge in [0.15, 0.2) is 5.16 Å². The highest BCUT2D eigenvalue weighted by molar-refractivity contribution is 7.99. The van der Waals surface area contributed by atoms with Crippen LogP contribution in [-0.4, -0.2) is 57.0 Å². The van der Waals surface area contributed by atoms with Crippen LogP contribution in [-0.2, 0) is 11.3 Å². The van der Waals surface area contributed by atoms with Crippen LogP contribution in [0.25, 0.3) is 0 Å².